The van der Waals surface area contributed by atoms with Crippen molar-refractivity contribution in [1.82, 2.24) is 4.98 Å². The summed E-state index contributed by atoms with van der Waals surface area (Å²) >= 11 is 6.12. The molecule has 2 aromatic heterocycles. The maximum atomic E-state index is 13.6. The lowest BCUT2D eigenvalue weighted by Crippen LogP contribution is -2.30. The molecule has 1 unspecified atom stereocenters. The van der Waals surface area contributed by atoms with Gasteiger partial charge in [0.05, 0.1) is 24.1 Å². The fraction of sp³-hybridized carbons (Fsp3) is 0.125. The summed E-state index contributed by atoms with van der Waals surface area (Å²) in [5, 5.41) is 0.741. The molecule has 2 aromatic carbocycles. The Kier molecular flexibility index (Phi) is 4.52. The van der Waals surface area contributed by atoms with E-state index in [1.807, 2.05) is 25.1 Å². The summed E-state index contributed by atoms with van der Waals surface area (Å²) in [4.78, 5) is 32.9. The Hall–Kier alpha value is -3.64. The number of carbonyl (C=O) groups is 1. The summed E-state index contributed by atoms with van der Waals surface area (Å²) in [5.74, 6) is 0.639. The number of hydrogen-bond donors (Lipinski definition) is 0. The molecule has 3 heterocycles. The fourth-order valence-electron chi connectivity index (χ4n) is 3.96. The van der Waals surface area contributed by atoms with Gasteiger partial charge in [0, 0.05) is 11.2 Å². The van der Waals surface area contributed by atoms with E-state index in [0.717, 1.165) is 5.56 Å². The molecule has 0 fully saturated rings. The van der Waals surface area contributed by atoms with Gasteiger partial charge in [0.15, 0.2) is 5.43 Å². The van der Waals surface area contributed by atoms with Gasteiger partial charge in [0.25, 0.3) is 5.91 Å². The Balaban J connectivity index is 1.83. The topological polar surface area (TPSA) is 72.6 Å². The fourth-order valence-corrected chi connectivity index (χ4v) is 4.13. The third-order valence-electron chi connectivity index (χ3n) is 5.39. The smallest absolute Gasteiger partial charge is 0.296 e. The van der Waals surface area contributed by atoms with E-state index in [4.69, 9.17) is 20.8 Å². The number of aromatic nitrogens is 1. The second-order valence-corrected chi connectivity index (χ2v) is 7.80. The molecular formula is C24H17ClN2O4. The van der Waals surface area contributed by atoms with Crippen molar-refractivity contribution >= 4 is 34.3 Å². The first-order valence-electron chi connectivity index (χ1n) is 9.64. The number of aryl methyl sites for hydroxylation is 1. The van der Waals surface area contributed by atoms with Gasteiger partial charge < -0.3 is 9.15 Å². The van der Waals surface area contributed by atoms with E-state index in [2.05, 4.69) is 4.98 Å². The monoisotopic (exact) mass is 432 g/mol. The molecule has 1 aliphatic rings. The lowest BCUT2D eigenvalue weighted by Gasteiger charge is -2.24. The molecule has 1 amide bonds. The molecule has 0 saturated heterocycles. The predicted octanol–water partition coefficient (Wildman–Crippen LogP) is 4.91. The van der Waals surface area contributed by atoms with Crippen LogP contribution in [0.15, 0.2) is 70.0 Å². The number of ether oxygens (including phenoxy) is 1. The van der Waals surface area contributed by atoms with Crippen molar-refractivity contribution in [2.45, 2.75) is 13.0 Å². The molecule has 7 heteroatoms. The van der Waals surface area contributed by atoms with Gasteiger partial charge in [-0.15, -0.1) is 0 Å². The van der Waals surface area contributed by atoms with Gasteiger partial charge in [-0.3, -0.25) is 14.5 Å². The number of nitrogens with zero attached hydrogens (tertiary/aromatic N) is 2. The third-order valence-corrected chi connectivity index (χ3v) is 5.62. The Labute approximate surface area is 182 Å². The van der Waals surface area contributed by atoms with E-state index >= 15 is 0 Å². The van der Waals surface area contributed by atoms with E-state index in [1.165, 1.54) is 4.90 Å². The first-order valence-corrected chi connectivity index (χ1v) is 10.0. The number of benzene rings is 2. The number of pyridine rings is 1. The molecule has 0 saturated carbocycles. The number of halogens is 1. The van der Waals surface area contributed by atoms with Crippen molar-refractivity contribution in [3.8, 4) is 5.75 Å². The number of fused-ring (bicyclic) bond motifs is 2. The highest BCUT2D eigenvalue weighted by atomic mass is 35.5. The molecular weight excluding hydrogens is 416 g/mol. The third kappa shape index (κ3) is 3.07. The second-order valence-electron chi connectivity index (χ2n) is 7.36. The molecule has 154 valence electrons. The van der Waals surface area contributed by atoms with Gasteiger partial charge in [0.1, 0.15) is 17.2 Å². The van der Waals surface area contributed by atoms with Crippen LogP contribution >= 0.6 is 11.6 Å². The van der Waals surface area contributed by atoms with Crippen molar-refractivity contribution in [3.05, 3.63) is 98.5 Å². The molecule has 31 heavy (non-hydrogen) atoms. The quantitative estimate of drug-likeness (QED) is 0.460. The van der Waals surface area contributed by atoms with Gasteiger partial charge in [-0.1, -0.05) is 23.7 Å². The van der Waals surface area contributed by atoms with Crippen LogP contribution in [0.3, 0.4) is 0 Å². The van der Waals surface area contributed by atoms with Crippen molar-refractivity contribution in [2.24, 2.45) is 0 Å². The van der Waals surface area contributed by atoms with E-state index < -0.39 is 11.9 Å². The summed E-state index contributed by atoms with van der Waals surface area (Å²) < 4.78 is 11.3. The van der Waals surface area contributed by atoms with E-state index in [-0.39, 0.29) is 16.8 Å². The Morgan fingerprint density at radius 2 is 1.94 bits per heavy atom. The number of amides is 1. The lowest BCUT2D eigenvalue weighted by molar-refractivity contribution is 0.0970. The lowest BCUT2D eigenvalue weighted by atomic mass is 9.98. The van der Waals surface area contributed by atoms with Gasteiger partial charge in [-0.25, -0.2) is 4.98 Å². The van der Waals surface area contributed by atoms with Crippen LogP contribution in [0.4, 0.5) is 5.82 Å². The van der Waals surface area contributed by atoms with Crippen LogP contribution in [0.5, 0.6) is 5.75 Å². The summed E-state index contributed by atoms with van der Waals surface area (Å²) in [5.41, 5.74) is 1.93. The van der Waals surface area contributed by atoms with Gasteiger partial charge in [0.2, 0.25) is 5.76 Å². The molecule has 5 rings (SSSR count). The summed E-state index contributed by atoms with van der Waals surface area (Å²) in [6, 6.07) is 15.0. The van der Waals surface area contributed by atoms with Crippen molar-refractivity contribution in [1.29, 1.82) is 0 Å². The van der Waals surface area contributed by atoms with Crippen LogP contribution in [-0.2, 0) is 0 Å². The molecule has 0 N–H and O–H groups in total. The van der Waals surface area contributed by atoms with Gasteiger partial charge in [-0.05, 0) is 60.5 Å². The minimum Gasteiger partial charge on any atom is -0.497 e. The van der Waals surface area contributed by atoms with Crippen molar-refractivity contribution in [2.75, 3.05) is 12.0 Å². The van der Waals surface area contributed by atoms with E-state index in [1.54, 1.807) is 49.7 Å². The minimum atomic E-state index is -0.716. The largest absolute Gasteiger partial charge is 0.497 e. The maximum Gasteiger partial charge on any atom is 0.296 e. The second kappa shape index (κ2) is 7.25. The zero-order chi connectivity index (χ0) is 21.7. The number of rotatable bonds is 3. The average Bonchev–Trinajstić information content (AvgIpc) is 3.07. The SMILES string of the molecule is COc1cccc(C2c3c(oc4ccc(Cl)cc4c3=O)C(=O)N2c2cc(C)ccn2)c1. The van der Waals surface area contributed by atoms with E-state index in [9.17, 15) is 9.59 Å². The summed E-state index contributed by atoms with van der Waals surface area (Å²) in [6.45, 7) is 1.92. The number of anilines is 1. The maximum absolute atomic E-state index is 13.6. The van der Waals surface area contributed by atoms with Gasteiger partial charge >= 0.3 is 0 Å². The molecule has 0 aliphatic carbocycles. The number of methoxy groups -OCH3 is 1. The first kappa shape index (κ1) is 19.3. The molecule has 1 aliphatic heterocycles. The summed E-state index contributed by atoms with van der Waals surface area (Å²) in [7, 11) is 1.57. The minimum absolute atomic E-state index is 0.0101. The molecule has 1 atom stereocenters. The molecule has 4 aromatic rings. The first-order chi connectivity index (χ1) is 15.0. The normalized spacial score (nSPS) is 15.4. The van der Waals surface area contributed by atoms with Crippen LogP contribution in [0.25, 0.3) is 11.0 Å². The zero-order valence-electron chi connectivity index (χ0n) is 16.8. The van der Waals surface area contributed by atoms with Crippen LogP contribution in [0.2, 0.25) is 5.02 Å². The number of hydrogen-bond acceptors (Lipinski definition) is 5. The molecule has 6 nitrogen and oxygen atoms in total. The van der Waals surface area contributed by atoms with E-state index in [0.29, 0.717) is 33.1 Å². The highest BCUT2D eigenvalue weighted by Crippen LogP contribution is 2.41. The number of carbonyl (C=O) groups excluding carboxylic acids is 1. The van der Waals surface area contributed by atoms with Gasteiger partial charge in [-0.2, -0.15) is 0 Å². The van der Waals surface area contributed by atoms with Crippen LogP contribution in [0.1, 0.15) is 33.3 Å². The Morgan fingerprint density at radius 1 is 1.10 bits per heavy atom. The Bertz CT molecular complexity index is 1410. The average molecular weight is 433 g/mol. The molecule has 0 radical (unpaired) electrons. The van der Waals surface area contributed by atoms with Crippen LogP contribution in [0, 0.1) is 6.92 Å². The standard InChI is InChI=1S/C24H17ClN2O4/c1-13-8-9-26-19(10-13)27-21(14-4-3-5-16(11-14)30-2)20-22(28)17-12-15(25)6-7-18(17)31-23(20)24(27)29/h3-12,21H,1-2H3. The van der Waals surface area contributed by atoms with Crippen LogP contribution in [-0.4, -0.2) is 18.0 Å². The molecule has 0 spiro atoms. The van der Waals surface area contributed by atoms with Crippen molar-refractivity contribution < 1.29 is 13.9 Å². The summed E-state index contributed by atoms with van der Waals surface area (Å²) in [6.07, 6.45) is 1.63. The van der Waals surface area contributed by atoms with Crippen molar-refractivity contribution in [3.63, 3.8) is 0 Å². The zero-order valence-corrected chi connectivity index (χ0v) is 17.5. The highest BCUT2D eigenvalue weighted by molar-refractivity contribution is 6.31. The predicted molar refractivity (Wildman–Crippen MR) is 118 cm³/mol. The van der Waals surface area contributed by atoms with Crippen LogP contribution < -0.4 is 15.1 Å². The highest BCUT2D eigenvalue weighted by Gasteiger charge is 2.44. The Morgan fingerprint density at radius 3 is 2.71 bits per heavy atom. The molecule has 0 bridgehead atoms.